The van der Waals surface area contributed by atoms with Crippen molar-refractivity contribution in [2.24, 2.45) is 22.0 Å². The fraction of sp³-hybridized carbons (Fsp3) is 0.400. The summed E-state index contributed by atoms with van der Waals surface area (Å²) in [5, 5.41) is 30.8. The molecule has 1 fully saturated rings. The van der Waals surface area contributed by atoms with Crippen LogP contribution in [0.3, 0.4) is 0 Å². The highest BCUT2D eigenvalue weighted by Gasteiger charge is 2.29. The number of amidine groups is 3. The molecule has 4 heterocycles. The molecule has 3 aliphatic heterocycles. The van der Waals surface area contributed by atoms with Crippen molar-refractivity contribution in [3.8, 4) is 11.5 Å². The number of hydrogen-bond acceptors (Lipinski definition) is 9. The van der Waals surface area contributed by atoms with Crippen LogP contribution in [0.1, 0.15) is 11.4 Å². The summed E-state index contributed by atoms with van der Waals surface area (Å²) in [6.07, 6.45) is 3.92. The van der Waals surface area contributed by atoms with Crippen molar-refractivity contribution in [3.63, 3.8) is 0 Å². The maximum atomic E-state index is 10.8. The molecular formula is C20H23N7O3. The van der Waals surface area contributed by atoms with E-state index in [0.29, 0.717) is 23.0 Å². The number of rotatable bonds is 2. The van der Waals surface area contributed by atoms with Gasteiger partial charge in [0.25, 0.3) is 0 Å². The first-order valence-corrected chi connectivity index (χ1v) is 9.84. The van der Waals surface area contributed by atoms with Crippen molar-refractivity contribution in [1.82, 2.24) is 19.4 Å². The Bertz CT molecular complexity index is 1150. The molecule has 0 aliphatic carbocycles. The fourth-order valence-corrected chi connectivity index (χ4v) is 4.00. The lowest BCUT2D eigenvalue weighted by Gasteiger charge is -2.34. The summed E-state index contributed by atoms with van der Waals surface area (Å²) < 4.78 is 1.55. The molecule has 30 heavy (non-hydrogen) atoms. The summed E-state index contributed by atoms with van der Waals surface area (Å²) in [5.41, 5.74) is 0.833. The number of aromatic hydroxyl groups is 2. The number of benzene rings is 1. The number of imidazole rings is 1. The number of phenols is 2. The number of dihydropyridines is 1. The highest BCUT2D eigenvalue weighted by Crippen LogP contribution is 2.37. The number of phenolic OH excluding ortho intramolecular Hbond substituents is 2. The second-order valence-corrected chi connectivity index (χ2v) is 7.72. The van der Waals surface area contributed by atoms with E-state index in [1.807, 2.05) is 12.2 Å². The predicted octanol–water partition coefficient (Wildman–Crippen LogP) is 0.220. The quantitative estimate of drug-likeness (QED) is 0.610. The maximum Gasteiger partial charge on any atom is 0.161 e. The van der Waals surface area contributed by atoms with Gasteiger partial charge in [-0.3, -0.25) is 4.99 Å². The van der Waals surface area contributed by atoms with E-state index in [4.69, 9.17) is 0 Å². The lowest BCUT2D eigenvalue weighted by Crippen LogP contribution is -2.47. The van der Waals surface area contributed by atoms with Gasteiger partial charge in [-0.25, -0.2) is 15.0 Å². The Kier molecular flexibility index (Phi) is 4.33. The lowest BCUT2D eigenvalue weighted by atomic mass is 10.1. The summed E-state index contributed by atoms with van der Waals surface area (Å²) in [6.45, 7) is 3.47. The van der Waals surface area contributed by atoms with E-state index in [1.165, 1.54) is 6.07 Å². The first kappa shape index (κ1) is 18.8. The molecule has 1 saturated heterocycles. The normalized spacial score (nSPS) is 21.6. The van der Waals surface area contributed by atoms with Gasteiger partial charge in [-0.15, -0.1) is 0 Å². The second-order valence-electron chi connectivity index (χ2n) is 7.72. The predicted molar refractivity (Wildman–Crippen MR) is 113 cm³/mol. The zero-order valence-electron chi connectivity index (χ0n) is 16.8. The number of aryl methyl sites for hydroxylation is 1. The molecule has 10 nitrogen and oxygen atoms in total. The minimum Gasteiger partial charge on any atom is -0.506 e. The van der Waals surface area contributed by atoms with Gasteiger partial charge in [0.1, 0.15) is 41.1 Å². The lowest BCUT2D eigenvalue weighted by molar-refractivity contribution is 0.216. The van der Waals surface area contributed by atoms with Crippen molar-refractivity contribution in [2.75, 3.05) is 33.2 Å². The molecule has 1 aromatic carbocycles. The van der Waals surface area contributed by atoms with Crippen LogP contribution in [-0.2, 0) is 13.7 Å². The zero-order chi connectivity index (χ0) is 21.0. The summed E-state index contributed by atoms with van der Waals surface area (Å²) in [5.74, 6) is 1.88. The van der Waals surface area contributed by atoms with Crippen LogP contribution in [0.25, 0.3) is 11.0 Å². The number of hydrogen-bond donors (Lipinski definition) is 3. The number of likely N-dealkylation sites (N-methyl/N-ethyl adjacent to an activating group) is 1. The van der Waals surface area contributed by atoms with Gasteiger partial charge >= 0.3 is 0 Å². The average Bonchev–Trinajstić information content (AvgIpc) is 3.32. The molecule has 0 spiro atoms. The molecule has 1 unspecified atom stereocenters. The number of aliphatic hydroxyl groups excluding tert-OH is 1. The van der Waals surface area contributed by atoms with Crippen LogP contribution in [0.5, 0.6) is 11.5 Å². The molecule has 2 aromatic rings. The Labute approximate surface area is 172 Å². The maximum absolute atomic E-state index is 10.8. The first-order valence-electron chi connectivity index (χ1n) is 9.84. The number of piperazine rings is 1. The Balaban J connectivity index is 1.50. The largest absolute Gasteiger partial charge is 0.506 e. The van der Waals surface area contributed by atoms with Crippen molar-refractivity contribution < 1.29 is 15.3 Å². The van der Waals surface area contributed by atoms with Crippen LogP contribution in [-0.4, -0.2) is 91.4 Å². The molecule has 156 valence electrons. The van der Waals surface area contributed by atoms with Gasteiger partial charge in [0.15, 0.2) is 17.4 Å². The third-order valence-corrected chi connectivity index (χ3v) is 5.80. The molecule has 3 aliphatic rings. The van der Waals surface area contributed by atoms with Crippen LogP contribution in [0.2, 0.25) is 0 Å². The van der Waals surface area contributed by atoms with Crippen molar-refractivity contribution in [1.29, 1.82) is 0 Å². The number of fused-ring (bicyclic) bond motifs is 2. The van der Waals surface area contributed by atoms with Crippen LogP contribution in [0.15, 0.2) is 33.2 Å². The molecule has 10 heteroatoms. The zero-order valence-corrected chi connectivity index (χ0v) is 16.8. The number of aliphatic hydroxyl groups is 1. The summed E-state index contributed by atoms with van der Waals surface area (Å²) in [7, 11) is 3.78. The Morgan fingerprint density at radius 3 is 2.60 bits per heavy atom. The van der Waals surface area contributed by atoms with Crippen molar-refractivity contribution in [3.05, 3.63) is 29.6 Å². The van der Waals surface area contributed by atoms with Crippen molar-refractivity contribution in [2.45, 2.75) is 12.6 Å². The molecule has 5 rings (SSSR count). The molecule has 1 atom stereocenters. The molecule has 3 N–H and O–H groups in total. The van der Waals surface area contributed by atoms with Gasteiger partial charge in [-0.05, 0) is 25.3 Å². The topological polar surface area (TPSA) is 122 Å². The smallest absolute Gasteiger partial charge is 0.161 e. The molecule has 0 radical (unpaired) electrons. The number of nitrogens with zero attached hydrogens (tertiary/aromatic N) is 7. The van der Waals surface area contributed by atoms with Gasteiger partial charge < -0.3 is 29.7 Å². The number of aliphatic imine (C=N–C) groups is 3. The Hall–Kier alpha value is -3.24. The highest BCUT2D eigenvalue weighted by molar-refractivity contribution is 6.19. The molecular weight excluding hydrogens is 386 g/mol. The molecule has 0 saturated carbocycles. The minimum absolute atomic E-state index is 0.0672. The Morgan fingerprint density at radius 1 is 1.10 bits per heavy atom. The van der Waals surface area contributed by atoms with Crippen LogP contribution < -0.4 is 0 Å². The molecule has 0 amide bonds. The third kappa shape index (κ3) is 2.87. The fourth-order valence-electron chi connectivity index (χ4n) is 4.00. The van der Waals surface area contributed by atoms with E-state index in [0.717, 1.165) is 32.0 Å². The molecule has 1 aromatic heterocycles. The third-order valence-electron chi connectivity index (χ3n) is 5.80. The van der Waals surface area contributed by atoms with E-state index < -0.39 is 0 Å². The SMILES string of the molecule is CN1CCN(C2=NC3=NC(c4cc(O)c5c(nc(CO)n5C)c4O)=NC3C=C2)CC1. The van der Waals surface area contributed by atoms with Gasteiger partial charge in [-0.1, -0.05) is 0 Å². The second kappa shape index (κ2) is 6.92. The number of aromatic nitrogens is 2. The van der Waals surface area contributed by atoms with Gasteiger partial charge in [0.2, 0.25) is 0 Å². The van der Waals surface area contributed by atoms with Gasteiger partial charge in [0.05, 0.1) is 5.56 Å². The van der Waals surface area contributed by atoms with E-state index in [-0.39, 0.29) is 35.2 Å². The minimum atomic E-state index is -0.315. The van der Waals surface area contributed by atoms with E-state index >= 15 is 0 Å². The highest BCUT2D eigenvalue weighted by atomic mass is 16.3. The summed E-state index contributed by atoms with van der Waals surface area (Å²) in [4.78, 5) is 22.5. The van der Waals surface area contributed by atoms with Gasteiger partial charge in [0, 0.05) is 33.2 Å². The van der Waals surface area contributed by atoms with E-state index in [9.17, 15) is 15.3 Å². The van der Waals surface area contributed by atoms with E-state index in [1.54, 1.807) is 11.6 Å². The summed E-state index contributed by atoms with van der Waals surface area (Å²) >= 11 is 0. The van der Waals surface area contributed by atoms with Crippen LogP contribution in [0.4, 0.5) is 0 Å². The van der Waals surface area contributed by atoms with E-state index in [2.05, 4.69) is 36.8 Å². The van der Waals surface area contributed by atoms with Crippen molar-refractivity contribution >= 4 is 28.5 Å². The van der Waals surface area contributed by atoms with Crippen LogP contribution >= 0.6 is 0 Å². The Morgan fingerprint density at radius 2 is 1.87 bits per heavy atom. The monoisotopic (exact) mass is 409 g/mol. The molecule has 0 bridgehead atoms. The average molecular weight is 409 g/mol. The summed E-state index contributed by atoms with van der Waals surface area (Å²) in [6, 6.07) is 1.11. The first-order chi connectivity index (χ1) is 14.5. The van der Waals surface area contributed by atoms with Crippen LogP contribution in [0, 0.1) is 0 Å². The standard InChI is InChI=1S/C20H23N7O3/c1-25-5-7-27(8-6-25)14-4-3-12-20(23-14)24-19(21-12)11-9-13(29)17-16(18(11)30)22-15(10-28)26(17)2/h3-4,9,12,28-30H,5-8,10H2,1-2H3. The van der Waals surface area contributed by atoms with Gasteiger partial charge in [-0.2, -0.15) is 0 Å².